The average Bonchev–Trinajstić information content (AvgIpc) is 3.30. The standard InChI is InChI=1S/C21H23N3O3S3/c1-13(21(25)24(3)16-9-10-30(26,27)12-16)28-19-17-11-18(15-7-5-4-6-8-15)29-20(17)23-14(2)22-19/h4-8,11,13,16H,9-10,12H2,1-3H3. The Morgan fingerprint density at radius 1 is 1.27 bits per heavy atom. The van der Waals surface area contributed by atoms with Crippen molar-refractivity contribution in [1.82, 2.24) is 14.9 Å². The first-order valence-corrected chi connectivity index (χ1v) is 13.2. The van der Waals surface area contributed by atoms with Crippen LogP contribution in [0.4, 0.5) is 0 Å². The van der Waals surface area contributed by atoms with Gasteiger partial charge >= 0.3 is 0 Å². The highest BCUT2D eigenvalue weighted by atomic mass is 32.2. The summed E-state index contributed by atoms with van der Waals surface area (Å²) in [7, 11) is -1.34. The topological polar surface area (TPSA) is 80.2 Å². The van der Waals surface area contributed by atoms with Gasteiger partial charge in [-0.15, -0.1) is 11.3 Å². The number of benzene rings is 1. The first kappa shape index (κ1) is 21.3. The lowest BCUT2D eigenvalue weighted by Gasteiger charge is -2.26. The Kier molecular flexibility index (Phi) is 5.87. The van der Waals surface area contributed by atoms with Crippen LogP contribution in [0.2, 0.25) is 0 Å². The minimum Gasteiger partial charge on any atom is -0.341 e. The van der Waals surface area contributed by atoms with E-state index in [1.54, 1.807) is 23.3 Å². The van der Waals surface area contributed by atoms with E-state index >= 15 is 0 Å². The highest BCUT2D eigenvalue weighted by Crippen LogP contribution is 2.38. The third-order valence-electron chi connectivity index (χ3n) is 5.27. The van der Waals surface area contributed by atoms with E-state index in [9.17, 15) is 13.2 Å². The fraction of sp³-hybridized carbons (Fsp3) is 0.381. The molecule has 0 saturated carbocycles. The molecule has 1 aliphatic heterocycles. The molecule has 9 heteroatoms. The van der Waals surface area contributed by atoms with Crippen LogP contribution >= 0.6 is 23.1 Å². The van der Waals surface area contributed by atoms with Crippen LogP contribution in [0.5, 0.6) is 0 Å². The van der Waals surface area contributed by atoms with Gasteiger partial charge in [-0.3, -0.25) is 4.79 Å². The van der Waals surface area contributed by atoms with Gasteiger partial charge in [0.2, 0.25) is 5.91 Å². The molecule has 3 aromatic rings. The molecule has 0 radical (unpaired) electrons. The van der Waals surface area contributed by atoms with Gasteiger partial charge in [0.15, 0.2) is 9.84 Å². The molecule has 2 aromatic heterocycles. The lowest BCUT2D eigenvalue weighted by Crippen LogP contribution is -2.41. The number of nitrogens with zero attached hydrogens (tertiary/aromatic N) is 3. The number of sulfone groups is 1. The molecule has 0 spiro atoms. The van der Waals surface area contributed by atoms with Crippen LogP contribution in [0.15, 0.2) is 41.4 Å². The number of thioether (sulfide) groups is 1. The zero-order valence-corrected chi connectivity index (χ0v) is 19.5. The summed E-state index contributed by atoms with van der Waals surface area (Å²) in [5, 5.41) is 1.35. The van der Waals surface area contributed by atoms with E-state index in [0.29, 0.717) is 12.2 Å². The molecule has 0 bridgehead atoms. The normalized spacial score (nSPS) is 19.1. The van der Waals surface area contributed by atoms with Crippen LogP contribution in [0.25, 0.3) is 20.7 Å². The molecule has 30 heavy (non-hydrogen) atoms. The third kappa shape index (κ3) is 4.38. The van der Waals surface area contributed by atoms with Gasteiger partial charge in [0.25, 0.3) is 0 Å². The van der Waals surface area contributed by atoms with Crippen molar-refractivity contribution < 1.29 is 13.2 Å². The molecule has 2 unspecified atom stereocenters. The van der Waals surface area contributed by atoms with E-state index in [1.807, 2.05) is 32.0 Å². The zero-order chi connectivity index (χ0) is 21.5. The number of hydrogen-bond donors (Lipinski definition) is 0. The molecule has 158 valence electrons. The summed E-state index contributed by atoms with van der Waals surface area (Å²) >= 11 is 3.02. The number of fused-ring (bicyclic) bond motifs is 1. The van der Waals surface area contributed by atoms with Crippen molar-refractivity contribution in [1.29, 1.82) is 0 Å². The van der Waals surface area contributed by atoms with Crippen LogP contribution in [0.1, 0.15) is 19.2 Å². The Morgan fingerprint density at radius 3 is 2.67 bits per heavy atom. The number of carbonyl (C=O) groups is 1. The molecule has 1 aliphatic rings. The summed E-state index contributed by atoms with van der Waals surface area (Å²) in [6.45, 7) is 3.70. The molecule has 1 fully saturated rings. The molecule has 0 N–H and O–H groups in total. The smallest absolute Gasteiger partial charge is 0.235 e. The molecular weight excluding hydrogens is 438 g/mol. The Morgan fingerprint density at radius 2 is 2.00 bits per heavy atom. The van der Waals surface area contributed by atoms with Gasteiger partial charge in [-0.05, 0) is 31.9 Å². The van der Waals surface area contributed by atoms with Crippen molar-refractivity contribution in [2.45, 2.75) is 36.6 Å². The molecule has 1 amide bonds. The SMILES string of the molecule is Cc1nc(SC(C)C(=O)N(C)C2CCS(=O)(=O)C2)c2cc(-c3ccccc3)sc2n1. The fourth-order valence-corrected chi connectivity index (χ4v) is 7.59. The number of aromatic nitrogens is 2. The number of thiophene rings is 1. The van der Waals surface area contributed by atoms with Crippen LogP contribution in [0, 0.1) is 6.92 Å². The van der Waals surface area contributed by atoms with Crippen LogP contribution in [-0.2, 0) is 14.6 Å². The summed E-state index contributed by atoms with van der Waals surface area (Å²) in [6, 6.07) is 12.0. The lowest BCUT2D eigenvalue weighted by atomic mass is 10.2. The maximum atomic E-state index is 13.0. The van der Waals surface area contributed by atoms with Crippen molar-refractivity contribution in [2.75, 3.05) is 18.6 Å². The second-order valence-electron chi connectivity index (χ2n) is 7.54. The predicted octanol–water partition coefficient (Wildman–Crippen LogP) is 3.79. The molecule has 1 aromatic carbocycles. The van der Waals surface area contributed by atoms with Gasteiger partial charge in [-0.1, -0.05) is 42.1 Å². The van der Waals surface area contributed by atoms with E-state index in [1.165, 1.54) is 11.8 Å². The van der Waals surface area contributed by atoms with Crippen molar-refractivity contribution in [3.63, 3.8) is 0 Å². The first-order chi connectivity index (χ1) is 14.2. The van der Waals surface area contributed by atoms with E-state index in [0.717, 1.165) is 25.7 Å². The third-order valence-corrected chi connectivity index (χ3v) is 9.19. The number of carbonyl (C=O) groups excluding carboxylic acids is 1. The van der Waals surface area contributed by atoms with Crippen molar-refractivity contribution in [3.05, 3.63) is 42.2 Å². The van der Waals surface area contributed by atoms with E-state index in [-0.39, 0.29) is 28.7 Å². The minimum absolute atomic E-state index is 0.0501. The summed E-state index contributed by atoms with van der Waals surface area (Å²) in [6.07, 6.45) is 0.504. The zero-order valence-electron chi connectivity index (χ0n) is 17.0. The molecule has 6 nitrogen and oxygen atoms in total. The van der Waals surface area contributed by atoms with Gasteiger partial charge < -0.3 is 4.90 Å². The van der Waals surface area contributed by atoms with Gasteiger partial charge in [0.1, 0.15) is 15.7 Å². The Hall–Kier alpha value is -1.97. The largest absolute Gasteiger partial charge is 0.341 e. The summed E-state index contributed by atoms with van der Waals surface area (Å²) in [5.74, 6) is 0.792. The summed E-state index contributed by atoms with van der Waals surface area (Å²) in [4.78, 5) is 25.8. The fourth-order valence-electron chi connectivity index (χ4n) is 3.60. The number of aryl methyl sites for hydroxylation is 1. The van der Waals surface area contributed by atoms with Crippen molar-refractivity contribution >= 4 is 49.1 Å². The Labute approximate surface area is 184 Å². The highest BCUT2D eigenvalue weighted by molar-refractivity contribution is 8.00. The molecular formula is C21H23N3O3S3. The first-order valence-electron chi connectivity index (χ1n) is 9.71. The van der Waals surface area contributed by atoms with Gasteiger partial charge in [0.05, 0.1) is 16.8 Å². The van der Waals surface area contributed by atoms with Gasteiger partial charge in [0, 0.05) is 23.4 Å². The van der Waals surface area contributed by atoms with Crippen LogP contribution in [-0.4, -0.2) is 59.0 Å². The summed E-state index contributed by atoms with van der Waals surface area (Å²) in [5.41, 5.74) is 1.13. The monoisotopic (exact) mass is 461 g/mol. The molecule has 4 rings (SSSR count). The highest BCUT2D eigenvalue weighted by Gasteiger charge is 2.34. The molecule has 0 aliphatic carbocycles. The molecule has 2 atom stereocenters. The van der Waals surface area contributed by atoms with Gasteiger partial charge in [-0.2, -0.15) is 0 Å². The Balaban J connectivity index is 1.58. The molecule has 1 saturated heterocycles. The minimum atomic E-state index is -3.04. The summed E-state index contributed by atoms with van der Waals surface area (Å²) < 4.78 is 23.5. The molecule has 3 heterocycles. The van der Waals surface area contributed by atoms with Crippen molar-refractivity contribution in [3.8, 4) is 10.4 Å². The quantitative estimate of drug-likeness (QED) is 0.425. The number of rotatable bonds is 5. The second kappa shape index (κ2) is 8.28. The van der Waals surface area contributed by atoms with E-state index < -0.39 is 9.84 Å². The maximum Gasteiger partial charge on any atom is 0.235 e. The van der Waals surface area contributed by atoms with Gasteiger partial charge in [-0.25, -0.2) is 18.4 Å². The average molecular weight is 462 g/mol. The Bertz CT molecular complexity index is 1190. The maximum absolute atomic E-state index is 13.0. The van der Waals surface area contributed by atoms with Crippen LogP contribution < -0.4 is 0 Å². The van der Waals surface area contributed by atoms with Crippen molar-refractivity contribution in [2.24, 2.45) is 0 Å². The second-order valence-corrected chi connectivity index (χ2v) is 12.1. The van der Waals surface area contributed by atoms with Crippen LogP contribution in [0.3, 0.4) is 0 Å². The van der Waals surface area contributed by atoms with E-state index in [2.05, 4.69) is 28.2 Å². The number of hydrogen-bond acceptors (Lipinski definition) is 7. The lowest BCUT2D eigenvalue weighted by molar-refractivity contribution is -0.130. The number of amides is 1. The van der Waals surface area contributed by atoms with E-state index in [4.69, 9.17) is 0 Å². The predicted molar refractivity (Wildman–Crippen MR) is 123 cm³/mol.